The summed E-state index contributed by atoms with van der Waals surface area (Å²) < 4.78 is 5.18. The van der Waals surface area contributed by atoms with E-state index in [1.54, 1.807) is 19.1 Å². The molecule has 0 aliphatic heterocycles. The molecule has 5 nitrogen and oxygen atoms in total. The number of carbonyl (C=O) groups is 3. The number of rotatable bonds is 4. The highest BCUT2D eigenvalue weighted by Crippen LogP contribution is 2.40. The molecule has 1 aromatic rings. The van der Waals surface area contributed by atoms with Crippen LogP contribution in [0.3, 0.4) is 0 Å². The highest BCUT2D eigenvalue weighted by molar-refractivity contribution is 6.40. The number of nitrogens with one attached hydrogen (secondary N) is 1. The molecule has 3 atom stereocenters. The normalized spacial score (nSPS) is 24.9. The first-order valence-corrected chi connectivity index (χ1v) is 9.57. The Labute approximate surface area is 162 Å². The van der Waals surface area contributed by atoms with E-state index in [0.29, 0.717) is 34.4 Å². The number of benzene rings is 1. The van der Waals surface area contributed by atoms with Crippen molar-refractivity contribution in [2.24, 2.45) is 17.8 Å². The maximum Gasteiger partial charge on any atom is 0.309 e. The largest absolute Gasteiger partial charge is 0.455 e. The van der Waals surface area contributed by atoms with Gasteiger partial charge in [0.1, 0.15) is 5.78 Å². The molecule has 140 valence electrons. The fraction of sp³-hybridized carbons (Fsp3) is 0.526. The van der Waals surface area contributed by atoms with Crippen molar-refractivity contribution >= 4 is 46.5 Å². The summed E-state index contributed by atoms with van der Waals surface area (Å²) >= 11 is 12.2. The van der Waals surface area contributed by atoms with Crippen LogP contribution in [0.1, 0.15) is 37.7 Å². The summed E-state index contributed by atoms with van der Waals surface area (Å²) in [6.45, 7) is 1.40. The van der Waals surface area contributed by atoms with E-state index < -0.39 is 18.5 Å². The zero-order valence-corrected chi connectivity index (χ0v) is 16.0. The first kappa shape index (κ1) is 19.2. The molecule has 2 fully saturated rings. The first-order valence-electron chi connectivity index (χ1n) is 8.81. The van der Waals surface area contributed by atoms with Gasteiger partial charge in [-0.2, -0.15) is 0 Å². The van der Waals surface area contributed by atoms with E-state index >= 15 is 0 Å². The molecule has 3 rings (SSSR count). The fourth-order valence-electron chi connectivity index (χ4n) is 3.87. The van der Waals surface area contributed by atoms with Crippen LogP contribution in [-0.2, 0) is 19.1 Å². The highest BCUT2D eigenvalue weighted by atomic mass is 35.5. The van der Waals surface area contributed by atoms with Gasteiger partial charge in [-0.25, -0.2) is 0 Å². The molecule has 1 aromatic carbocycles. The van der Waals surface area contributed by atoms with Gasteiger partial charge in [-0.1, -0.05) is 35.7 Å². The molecule has 1 amide bonds. The van der Waals surface area contributed by atoms with Crippen LogP contribution in [-0.4, -0.2) is 24.3 Å². The summed E-state index contributed by atoms with van der Waals surface area (Å²) in [6, 6.07) is 3.39. The molecule has 1 N–H and O–H groups in total. The van der Waals surface area contributed by atoms with Crippen molar-refractivity contribution in [1.82, 2.24) is 0 Å². The van der Waals surface area contributed by atoms with E-state index in [1.165, 1.54) is 0 Å². The summed E-state index contributed by atoms with van der Waals surface area (Å²) in [5.41, 5.74) is 1.09. The van der Waals surface area contributed by atoms with Crippen LogP contribution in [0, 0.1) is 24.7 Å². The van der Waals surface area contributed by atoms with Crippen LogP contribution in [0.4, 0.5) is 5.69 Å². The third-order valence-electron chi connectivity index (χ3n) is 5.28. The minimum Gasteiger partial charge on any atom is -0.455 e. The van der Waals surface area contributed by atoms with Gasteiger partial charge in [0.25, 0.3) is 5.91 Å². The molecule has 2 bridgehead atoms. The van der Waals surface area contributed by atoms with E-state index in [-0.39, 0.29) is 17.8 Å². The number of anilines is 1. The summed E-state index contributed by atoms with van der Waals surface area (Å²) in [7, 11) is 0. The van der Waals surface area contributed by atoms with E-state index in [1.807, 2.05) is 0 Å². The number of ketones is 1. The number of hydrogen-bond acceptors (Lipinski definition) is 4. The fourth-order valence-corrected chi connectivity index (χ4v) is 4.34. The Balaban J connectivity index is 1.54. The molecular formula is C19H21Cl2NO4. The van der Waals surface area contributed by atoms with E-state index in [4.69, 9.17) is 27.9 Å². The molecule has 2 aliphatic rings. The van der Waals surface area contributed by atoms with Crippen LogP contribution in [0.2, 0.25) is 10.0 Å². The third-order valence-corrected chi connectivity index (χ3v) is 6.08. The SMILES string of the molecule is Cc1ccc(Cl)c(NC(=O)COC(=O)C2C[C@H]3CCC[C@@H](C2)C3=O)c1Cl. The van der Waals surface area contributed by atoms with Crippen molar-refractivity contribution in [3.05, 3.63) is 27.7 Å². The minimum atomic E-state index is -0.500. The average molecular weight is 398 g/mol. The summed E-state index contributed by atoms with van der Waals surface area (Å²) in [4.78, 5) is 36.5. The van der Waals surface area contributed by atoms with Crippen LogP contribution in [0.15, 0.2) is 12.1 Å². The zero-order valence-electron chi connectivity index (χ0n) is 14.5. The molecule has 0 aromatic heterocycles. The maximum atomic E-state index is 12.3. The Bertz CT molecular complexity index is 733. The van der Waals surface area contributed by atoms with E-state index in [0.717, 1.165) is 24.8 Å². The Morgan fingerprint density at radius 3 is 2.50 bits per heavy atom. The van der Waals surface area contributed by atoms with Gasteiger partial charge in [-0.15, -0.1) is 0 Å². The monoisotopic (exact) mass is 397 g/mol. The van der Waals surface area contributed by atoms with Gasteiger partial charge >= 0.3 is 5.97 Å². The standard InChI is InChI=1S/C19H21Cl2NO4/c1-10-5-6-14(20)17(16(10)21)22-15(23)9-26-19(25)13-7-11-3-2-4-12(8-13)18(11)24/h5-6,11-13H,2-4,7-9H2,1H3,(H,22,23)/t11-,12+,13?. The molecule has 26 heavy (non-hydrogen) atoms. The lowest BCUT2D eigenvalue weighted by Gasteiger charge is -2.36. The van der Waals surface area contributed by atoms with Crippen LogP contribution >= 0.6 is 23.2 Å². The molecule has 0 radical (unpaired) electrons. The predicted molar refractivity (Wildman–Crippen MR) is 99.3 cm³/mol. The number of aryl methyl sites for hydroxylation is 1. The van der Waals surface area contributed by atoms with Gasteiger partial charge in [0.15, 0.2) is 6.61 Å². The lowest BCUT2D eigenvalue weighted by Crippen LogP contribution is -2.40. The van der Waals surface area contributed by atoms with E-state index in [9.17, 15) is 14.4 Å². The number of carbonyl (C=O) groups excluding carboxylic acids is 3. The average Bonchev–Trinajstić information content (AvgIpc) is 2.59. The molecule has 2 aliphatic carbocycles. The Hall–Kier alpha value is -1.59. The highest BCUT2D eigenvalue weighted by Gasteiger charge is 2.41. The molecule has 0 heterocycles. The predicted octanol–water partition coefficient (Wildman–Crippen LogP) is 4.18. The number of hydrogen-bond donors (Lipinski definition) is 1. The van der Waals surface area contributed by atoms with Gasteiger partial charge in [0, 0.05) is 11.8 Å². The molecule has 2 saturated carbocycles. The van der Waals surface area contributed by atoms with Crippen molar-refractivity contribution in [1.29, 1.82) is 0 Å². The number of fused-ring (bicyclic) bond motifs is 2. The minimum absolute atomic E-state index is 0.0289. The topological polar surface area (TPSA) is 72.5 Å². The second-order valence-corrected chi connectivity index (χ2v) is 7.89. The first-order chi connectivity index (χ1) is 12.4. The Morgan fingerprint density at radius 2 is 1.85 bits per heavy atom. The van der Waals surface area contributed by atoms with Crippen LogP contribution in [0.25, 0.3) is 0 Å². The van der Waals surface area contributed by atoms with Crippen LogP contribution < -0.4 is 5.32 Å². The summed E-state index contributed by atoms with van der Waals surface area (Å²) in [5, 5.41) is 3.27. The second kappa shape index (κ2) is 7.97. The lowest BCUT2D eigenvalue weighted by atomic mass is 9.67. The smallest absolute Gasteiger partial charge is 0.309 e. The number of halogens is 2. The van der Waals surface area contributed by atoms with Gasteiger partial charge < -0.3 is 10.1 Å². The lowest BCUT2D eigenvalue weighted by molar-refractivity contribution is -0.155. The maximum absolute atomic E-state index is 12.3. The van der Waals surface area contributed by atoms with Crippen LogP contribution in [0.5, 0.6) is 0 Å². The Kier molecular flexibility index (Phi) is 5.88. The molecule has 0 spiro atoms. The number of Topliss-reactive ketones (excluding diaryl/α,β-unsaturated/α-hetero) is 1. The van der Waals surface area contributed by atoms with Crippen molar-refractivity contribution in [2.45, 2.75) is 39.0 Å². The Morgan fingerprint density at radius 1 is 1.19 bits per heavy atom. The molecule has 0 saturated heterocycles. The number of amides is 1. The second-order valence-electron chi connectivity index (χ2n) is 7.10. The molecule has 1 unspecified atom stereocenters. The number of esters is 1. The van der Waals surface area contributed by atoms with Crippen molar-refractivity contribution in [2.75, 3.05) is 11.9 Å². The quantitative estimate of drug-likeness (QED) is 0.773. The van der Waals surface area contributed by atoms with Gasteiger partial charge in [0.2, 0.25) is 0 Å². The van der Waals surface area contributed by atoms with Gasteiger partial charge in [-0.05, 0) is 44.2 Å². The molecule has 7 heteroatoms. The zero-order chi connectivity index (χ0) is 18.8. The third kappa shape index (κ3) is 4.04. The van der Waals surface area contributed by atoms with Crippen molar-refractivity contribution < 1.29 is 19.1 Å². The van der Waals surface area contributed by atoms with Gasteiger partial charge in [-0.3, -0.25) is 14.4 Å². The van der Waals surface area contributed by atoms with E-state index in [2.05, 4.69) is 5.32 Å². The summed E-state index contributed by atoms with van der Waals surface area (Å²) in [6.07, 6.45) is 3.81. The molecular weight excluding hydrogens is 377 g/mol. The van der Waals surface area contributed by atoms with Crippen molar-refractivity contribution in [3.63, 3.8) is 0 Å². The summed E-state index contributed by atoms with van der Waals surface area (Å²) in [5.74, 6) is -0.980. The van der Waals surface area contributed by atoms with Gasteiger partial charge in [0.05, 0.1) is 21.7 Å². The number of ether oxygens (including phenoxy) is 1. The van der Waals surface area contributed by atoms with Crippen molar-refractivity contribution in [3.8, 4) is 0 Å².